The lowest BCUT2D eigenvalue weighted by Gasteiger charge is -2.24. The number of carbonyl (C=O) groups excluding carboxylic acids is 1. The molecule has 1 aromatic carbocycles. The van der Waals surface area contributed by atoms with Crippen molar-refractivity contribution < 1.29 is 18.3 Å². The first-order valence-electron chi connectivity index (χ1n) is 9.51. The van der Waals surface area contributed by atoms with Crippen LogP contribution in [0.15, 0.2) is 24.5 Å². The number of thioether (sulfide) groups is 1. The smallest absolute Gasteiger partial charge is 0.414 e. The third-order valence-corrected chi connectivity index (χ3v) is 5.64. The molecule has 2 aliphatic heterocycles. The van der Waals surface area contributed by atoms with Crippen LogP contribution in [0.5, 0.6) is 0 Å². The summed E-state index contributed by atoms with van der Waals surface area (Å²) in [6, 6.07) is 2.44. The molecule has 0 saturated carbocycles. The number of hydrogen-bond donors (Lipinski definition) is 2. The highest BCUT2D eigenvalue weighted by Gasteiger charge is 2.33. The molecule has 0 radical (unpaired) electrons. The molecule has 9 heteroatoms. The standard InChI is InChI=1S/C19H26F2N4O2S/c1-2-22-4-5-23-12-15-13-25(19(26)27-15)14-10-16(20)18(17(21)11-14)24-6-3-8-28-9-7-24/h4-5,10-11,15,22-23H,2-3,6-9,12-13H2,1H3/b5-4-/t15-/m0/s1. The van der Waals surface area contributed by atoms with E-state index in [4.69, 9.17) is 4.74 Å². The monoisotopic (exact) mass is 412 g/mol. The highest BCUT2D eigenvalue weighted by Crippen LogP contribution is 2.32. The maximum Gasteiger partial charge on any atom is 0.414 e. The minimum absolute atomic E-state index is 0.00871. The van der Waals surface area contributed by atoms with Gasteiger partial charge in [-0.15, -0.1) is 0 Å². The molecule has 0 spiro atoms. The molecule has 3 rings (SSSR count). The maximum absolute atomic E-state index is 14.7. The quantitative estimate of drug-likeness (QED) is 0.718. The zero-order chi connectivity index (χ0) is 19.9. The predicted octanol–water partition coefficient (Wildman–Crippen LogP) is 2.90. The highest BCUT2D eigenvalue weighted by molar-refractivity contribution is 7.99. The van der Waals surface area contributed by atoms with E-state index < -0.39 is 23.8 Å². The van der Waals surface area contributed by atoms with E-state index in [1.807, 2.05) is 6.92 Å². The second-order valence-electron chi connectivity index (χ2n) is 6.63. The zero-order valence-electron chi connectivity index (χ0n) is 15.9. The molecule has 1 aromatic rings. The fourth-order valence-corrected chi connectivity index (χ4v) is 4.14. The molecular formula is C19H26F2N4O2S. The molecule has 154 valence electrons. The van der Waals surface area contributed by atoms with Crippen molar-refractivity contribution in [1.29, 1.82) is 0 Å². The minimum atomic E-state index is -0.648. The average molecular weight is 413 g/mol. The Balaban J connectivity index is 1.67. The van der Waals surface area contributed by atoms with Gasteiger partial charge < -0.3 is 20.3 Å². The molecule has 2 saturated heterocycles. The van der Waals surface area contributed by atoms with Crippen LogP contribution in [0.4, 0.5) is 25.0 Å². The van der Waals surface area contributed by atoms with Gasteiger partial charge in [0.05, 0.1) is 18.8 Å². The molecule has 2 fully saturated rings. The Morgan fingerprint density at radius 2 is 1.96 bits per heavy atom. The molecule has 2 aliphatic rings. The van der Waals surface area contributed by atoms with Crippen molar-refractivity contribution in [2.24, 2.45) is 0 Å². The molecule has 0 bridgehead atoms. The second kappa shape index (κ2) is 9.86. The molecule has 0 aliphatic carbocycles. The Kier molecular flexibility index (Phi) is 7.24. The van der Waals surface area contributed by atoms with Crippen molar-refractivity contribution in [2.75, 3.05) is 54.0 Å². The molecule has 1 atom stereocenters. The van der Waals surface area contributed by atoms with Gasteiger partial charge >= 0.3 is 6.09 Å². The van der Waals surface area contributed by atoms with E-state index in [2.05, 4.69) is 10.6 Å². The van der Waals surface area contributed by atoms with Gasteiger partial charge in [-0.1, -0.05) is 0 Å². The number of amides is 1. The fraction of sp³-hybridized carbons (Fsp3) is 0.526. The van der Waals surface area contributed by atoms with Crippen molar-refractivity contribution in [3.8, 4) is 0 Å². The first-order valence-corrected chi connectivity index (χ1v) is 10.7. The summed E-state index contributed by atoms with van der Waals surface area (Å²) >= 11 is 1.79. The molecule has 0 unspecified atom stereocenters. The Morgan fingerprint density at radius 3 is 2.71 bits per heavy atom. The Morgan fingerprint density at radius 1 is 1.21 bits per heavy atom. The van der Waals surface area contributed by atoms with Crippen LogP contribution in [0.1, 0.15) is 13.3 Å². The summed E-state index contributed by atoms with van der Waals surface area (Å²) in [6.07, 6.45) is 3.39. The summed E-state index contributed by atoms with van der Waals surface area (Å²) in [5.41, 5.74) is 0.171. The number of ether oxygens (including phenoxy) is 1. The molecule has 6 nitrogen and oxygen atoms in total. The number of anilines is 2. The van der Waals surface area contributed by atoms with Gasteiger partial charge in [0, 0.05) is 49.9 Å². The Labute approximate surface area is 168 Å². The van der Waals surface area contributed by atoms with Gasteiger partial charge in [0.1, 0.15) is 11.8 Å². The van der Waals surface area contributed by atoms with E-state index in [1.54, 1.807) is 29.1 Å². The molecule has 2 heterocycles. The third kappa shape index (κ3) is 5.01. The Hall–Kier alpha value is -2.16. The van der Waals surface area contributed by atoms with Crippen LogP contribution in [-0.2, 0) is 4.74 Å². The largest absolute Gasteiger partial charge is 0.442 e. The van der Waals surface area contributed by atoms with Gasteiger partial charge in [0.2, 0.25) is 0 Å². The predicted molar refractivity (Wildman–Crippen MR) is 109 cm³/mol. The summed E-state index contributed by atoms with van der Waals surface area (Å²) in [6.45, 7) is 4.68. The molecule has 2 N–H and O–H groups in total. The van der Waals surface area contributed by atoms with E-state index in [9.17, 15) is 13.6 Å². The van der Waals surface area contributed by atoms with Crippen LogP contribution >= 0.6 is 11.8 Å². The van der Waals surface area contributed by atoms with E-state index in [-0.39, 0.29) is 17.9 Å². The van der Waals surface area contributed by atoms with Crippen LogP contribution in [0, 0.1) is 11.6 Å². The first-order chi connectivity index (χ1) is 13.6. The van der Waals surface area contributed by atoms with Gasteiger partial charge in [-0.25, -0.2) is 13.6 Å². The highest BCUT2D eigenvalue weighted by atomic mass is 32.2. The van der Waals surface area contributed by atoms with Gasteiger partial charge in [-0.3, -0.25) is 4.90 Å². The van der Waals surface area contributed by atoms with Gasteiger partial charge in [-0.2, -0.15) is 11.8 Å². The summed E-state index contributed by atoms with van der Waals surface area (Å²) < 4.78 is 34.8. The SMILES string of the molecule is CCN/C=C\NC[C@H]1CN(c2cc(F)c(N3CCCSCC3)c(F)c2)C(=O)O1. The zero-order valence-corrected chi connectivity index (χ0v) is 16.7. The number of hydrogen-bond acceptors (Lipinski definition) is 6. The summed E-state index contributed by atoms with van der Waals surface area (Å²) in [5, 5.41) is 6.05. The summed E-state index contributed by atoms with van der Waals surface area (Å²) in [5.74, 6) is 0.543. The van der Waals surface area contributed by atoms with Crippen LogP contribution < -0.4 is 20.4 Å². The van der Waals surface area contributed by atoms with Crippen LogP contribution in [0.3, 0.4) is 0 Å². The number of cyclic esters (lactones) is 1. The molecule has 0 aromatic heterocycles. The molecule has 1 amide bonds. The minimum Gasteiger partial charge on any atom is -0.442 e. The average Bonchev–Trinajstić information content (AvgIpc) is 2.85. The van der Waals surface area contributed by atoms with Crippen LogP contribution in [0.25, 0.3) is 0 Å². The van der Waals surface area contributed by atoms with E-state index >= 15 is 0 Å². The van der Waals surface area contributed by atoms with Crippen molar-refractivity contribution in [3.63, 3.8) is 0 Å². The topological polar surface area (TPSA) is 56.8 Å². The number of benzene rings is 1. The van der Waals surface area contributed by atoms with Crippen molar-refractivity contribution in [2.45, 2.75) is 19.4 Å². The van der Waals surface area contributed by atoms with Gasteiger partial charge in [0.25, 0.3) is 0 Å². The maximum atomic E-state index is 14.7. The van der Waals surface area contributed by atoms with Gasteiger partial charge in [-0.05, 0) is 19.1 Å². The lowest BCUT2D eigenvalue weighted by molar-refractivity contribution is 0.142. The molecular weight excluding hydrogens is 386 g/mol. The Bertz CT molecular complexity index is 688. The number of halogens is 2. The van der Waals surface area contributed by atoms with E-state index in [0.717, 1.165) is 24.5 Å². The molecule has 28 heavy (non-hydrogen) atoms. The summed E-state index contributed by atoms with van der Waals surface area (Å²) in [4.78, 5) is 15.2. The second-order valence-corrected chi connectivity index (χ2v) is 7.85. The van der Waals surface area contributed by atoms with Crippen LogP contribution in [-0.4, -0.2) is 56.4 Å². The fourth-order valence-electron chi connectivity index (χ4n) is 3.25. The third-order valence-electron chi connectivity index (χ3n) is 4.59. The lowest BCUT2D eigenvalue weighted by atomic mass is 10.2. The number of carbonyl (C=O) groups is 1. The van der Waals surface area contributed by atoms with Crippen molar-refractivity contribution >= 4 is 29.2 Å². The first kappa shape index (κ1) is 20.6. The van der Waals surface area contributed by atoms with E-state index in [0.29, 0.717) is 19.6 Å². The van der Waals surface area contributed by atoms with Gasteiger partial charge in [0.15, 0.2) is 11.6 Å². The number of nitrogens with zero attached hydrogens (tertiary/aromatic N) is 2. The van der Waals surface area contributed by atoms with E-state index in [1.165, 1.54) is 17.0 Å². The van der Waals surface area contributed by atoms with Crippen molar-refractivity contribution in [3.05, 3.63) is 36.2 Å². The lowest BCUT2D eigenvalue weighted by Crippen LogP contribution is -2.30. The van der Waals surface area contributed by atoms with Crippen LogP contribution in [0.2, 0.25) is 0 Å². The number of nitrogens with one attached hydrogen (secondary N) is 2. The summed E-state index contributed by atoms with van der Waals surface area (Å²) in [7, 11) is 0. The normalized spacial score (nSPS) is 20.4. The van der Waals surface area contributed by atoms with Crippen molar-refractivity contribution in [1.82, 2.24) is 10.6 Å². The number of rotatable bonds is 7.